The first-order valence-corrected chi connectivity index (χ1v) is 12.2. The fourth-order valence-electron chi connectivity index (χ4n) is 3.59. The standard InChI is InChI=1S/C22H27BrN2O4S/c1-24(16-17-7-9-18(23)10-8-17)22(26)20-15-19(11-12-21(20)29-2)30(27,28)25-13-5-3-4-6-14-25/h7-12,15H,3-6,13-14,16H2,1-2H3. The number of sulfonamides is 1. The van der Waals surface area contributed by atoms with Gasteiger partial charge in [-0.15, -0.1) is 0 Å². The lowest BCUT2D eigenvalue weighted by atomic mass is 10.1. The van der Waals surface area contributed by atoms with Gasteiger partial charge in [-0.25, -0.2) is 8.42 Å². The Morgan fingerprint density at radius 1 is 1.07 bits per heavy atom. The zero-order valence-electron chi connectivity index (χ0n) is 17.3. The van der Waals surface area contributed by atoms with E-state index in [0.717, 1.165) is 35.7 Å². The molecular weight excluding hydrogens is 468 g/mol. The van der Waals surface area contributed by atoms with Crippen molar-refractivity contribution >= 4 is 31.9 Å². The molecule has 2 aromatic rings. The van der Waals surface area contributed by atoms with Gasteiger partial charge in [0.05, 0.1) is 17.6 Å². The maximum Gasteiger partial charge on any atom is 0.257 e. The van der Waals surface area contributed by atoms with Crippen molar-refractivity contribution in [2.24, 2.45) is 0 Å². The lowest BCUT2D eigenvalue weighted by Crippen LogP contribution is -2.32. The van der Waals surface area contributed by atoms with Crippen molar-refractivity contribution in [3.8, 4) is 5.75 Å². The van der Waals surface area contributed by atoms with Crippen LogP contribution >= 0.6 is 15.9 Å². The van der Waals surface area contributed by atoms with Crippen molar-refractivity contribution in [3.63, 3.8) is 0 Å². The molecule has 0 saturated carbocycles. The second-order valence-electron chi connectivity index (χ2n) is 7.47. The van der Waals surface area contributed by atoms with Crippen LogP contribution < -0.4 is 4.74 Å². The first-order valence-electron chi connectivity index (χ1n) is 10.0. The highest BCUT2D eigenvalue weighted by molar-refractivity contribution is 9.10. The monoisotopic (exact) mass is 494 g/mol. The van der Waals surface area contributed by atoms with Gasteiger partial charge in [-0.3, -0.25) is 4.79 Å². The third-order valence-corrected chi connectivity index (χ3v) is 7.71. The highest BCUT2D eigenvalue weighted by atomic mass is 79.9. The summed E-state index contributed by atoms with van der Waals surface area (Å²) in [6, 6.07) is 12.2. The van der Waals surface area contributed by atoms with Gasteiger partial charge in [-0.1, -0.05) is 40.9 Å². The average Bonchev–Trinajstić information content (AvgIpc) is 3.04. The van der Waals surface area contributed by atoms with Crippen LogP contribution in [0.4, 0.5) is 0 Å². The van der Waals surface area contributed by atoms with E-state index in [9.17, 15) is 13.2 Å². The topological polar surface area (TPSA) is 66.9 Å². The van der Waals surface area contributed by atoms with Crippen molar-refractivity contribution in [2.45, 2.75) is 37.1 Å². The van der Waals surface area contributed by atoms with E-state index in [2.05, 4.69) is 15.9 Å². The molecular formula is C22H27BrN2O4S. The van der Waals surface area contributed by atoms with Crippen LogP contribution in [-0.2, 0) is 16.6 Å². The number of ether oxygens (including phenoxy) is 1. The number of rotatable bonds is 6. The summed E-state index contributed by atoms with van der Waals surface area (Å²) in [6.45, 7) is 1.43. The van der Waals surface area contributed by atoms with Gasteiger partial charge < -0.3 is 9.64 Å². The molecule has 0 aromatic heterocycles. The number of amides is 1. The number of methoxy groups -OCH3 is 1. The maximum absolute atomic E-state index is 13.2. The van der Waals surface area contributed by atoms with Crippen LogP contribution in [0.3, 0.4) is 0 Å². The third-order valence-electron chi connectivity index (χ3n) is 5.28. The predicted molar refractivity (Wildman–Crippen MR) is 120 cm³/mol. The SMILES string of the molecule is COc1ccc(S(=O)(=O)N2CCCCCC2)cc1C(=O)N(C)Cc1ccc(Br)cc1. The van der Waals surface area contributed by atoms with Crippen LogP contribution in [-0.4, -0.2) is 50.8 Å². The second kappa shape index (κ2) is 9.94. The molecule has 30 heavy (non-hydrogen) atoms. The first-order chi connectivity index (χ1) is 14.3. The van der Waals surface area contributed by atoms with E-state index < -0.39 is 10.0 Å². The fraction of sp³-hybridized carbons (Fsp3) is 0.409. The van der Waals surface area contributed by atoms with Crippen LogP contribution in [0.2, 0.25) is 0 Å². The molecule has 0 spiro atoms. The molecule has 1 heterocycles. The number of hydrogen-bond donors (Lipinski definition) is 0. The summed E-state index contributed by atoms with van der Waals surface area (Å²) in [5.41, 5.74) is 1.22. The van der Waals surface area contributed by atoms with Crippen LogP contribution in [0.1, 0.15) is 41.6 Å². The Morgan fingerprint density at radius 3 is 2.30 bits per heavy atom. The molecule has 0 radical (unpaired) electrons. The average molecular weight is 495 g/mol. The number of carbonyl (C=O) groups excluding carboxylic acids is 1. The van der Waals surface area contributed by atoms with Crippen molar-refractivity contribution in [1.29, 1.82) is 0 Å². The van der Waals surface area contributed by atoms with E-state index in [-0.39, 0.29) is 16.4 Å². The summed E-state index contributed by atoms with van der Waals surface area (Å²) in [6.07, 6.45) is 3.80. The van der Waals surface area contributed by atoms with Gasteiger partial charge >= 0.3 is 0 Å². The molecule has 1 amide bonds. The molecule has 1 aliphatic heterocycles. The van der Waals surface area contributed by atoms with E-state index in [4.69, 9.17) is 4.74 Å². The normalized spacial score (nSPS) is 15.4. The molecule has 8 heteroatoms. The molecule has 0 unspecified atom stereocenters. The van der Waals surface area contributed by atoms with Gasteiger partial charge in [0.25, 0.3) is 5.91 Å². The minimum atomic E-state index is -3.65. The molecule has 1 fully saturated rings. The van der Waals surface area contributed by atoms with E-state index in [1.807, 2.05) is 24.3 Å². The smallest absolute Gasteiger partial charge is 0.257 e. The van der Waals surface area contributed by atoms with Gasteiger partial charge in [-0.05, 0) is 48.7 Å². The highest BCUT2D eigenvalue weighted by Gasteiger charge is 2.27. The number of nitrogens with zero attached hydrogens (tertiary/aromatic N) is 2. The minimum absolute atomic E-state index is 0.130. The van der Waals surface area contributed by atoms with E-state index in [1.165, 1.54) is 23.5 Å². The molecule has 1 aliphatic rings. The molecule has 3 rings (SSSR count). The van der Waals surface area contributed by atoms with Gasteiger partial charge in [-0.2, -0.15) is 4.31 Å². The lowest BCUT2D eigenvalue weighted by Gasteiger charge is -2.22. The van der Waals surface area contributed by atoms with Crippen molar-refractivity contribution in [2.75, 3.05) is 27.2 Å². The Bertz CT molecular complexity index is 985. The molecule has 0 aliphatic carbocycles. The Labute approximate surface area is 187 Å². The van der Waals surface area contributed by atoms with Crippen molar-refractivity contribution < 1.29 is 17.9 Å². The second-order valence-corrected chi connectivity index (χ2v) is 10.3. The van der Waals surface area contributed by atoms with Gasteiger partial charge in [0.2, 0.25) is 10.0 Å². The number of halogens is 1. The predicted octanol–water partition coefficient (Wildman–Crippen LogP) is 4.29. The van der Waals surface area contributed by atoms with E-state index in [1.54, 1.807) is 18.0 Å². The van der Waals surface area contributed by atoms with Crippen LogP contribution in [0, 0.1) is 0 Å². The number of benzene rings is 2. The Balaban J connectivity index is 1.87. The minimum Gasteiger partial charge on any atom is -0.496 e. The maximum atomic E-state index is 13.2. The Hall–Kier alpha value is -1.90. The summed E-state index contributed by atoms with van der Waals surface area (Å²) < 4.78 is 34.2. The molecule has 162 valence electrons. The summed E-state index contributed by atoms with van der Waals surface area (Å²) in [7, 11) is -0.484. The summed E-state index contributed by atoms with van der Waals surface area (Å²) >= 11 is 3.40. The Kier molecular flexibility index (Phi) is 7.55. The first kappa shape index (κ1) is 22.8. The lowest BCUT2D eigenvalue weighted by molar-refractivity contribution is 0.0781. The van der Waals surface area contributed by atoms with E-state index >= 15 is 0 Å². The zero-order chi connectivity index (χ0) is 21.7. The largest absolute Gasteiger partial charge is 0.496 e. The third kappa shape index (κ3) is 5.22. The van der Waals surface area contributed by atoms with Gasteiger partial charge in [0, 0.05) is 31.2 Å². The zero-order valence-corrected chi connectivity index (χ0v) is 19.7. The summed E-state index contributed by atoms with van der Waals surface area (Å²) in [4.78, 5) is 14.8. The Morgan fingerprint density at radius 2 is 1.70 bits per heavy atom. The van der Waals surface area contributed by atoms with Crippen LogP contribution in [0.15, 0.2) is 51.8 Å². The fourth-order valence-corrected chi connectivity index (χ4v) is 5.40. The molecule has 0 bridgehead atoms. The van der Waals surface area contributed by atoms with Gasteiger partial charge in [0.15, 0.2) is 0 Å². The van der Waals surface area contributed by atoms with Crippen LogP contribution in [0.5, 0.6) is 5.75 Å². The molecule has 2 aromatic carbocycles. The number of hydrogen-bond acceptors (Lipinski definition) is 4. The van der Waals surface area contributed by atoms with E-state index in [0.29, 0.717) is 25.4 Å². The molecule has 1 saturated heterocycles. The van der Waals surface area contributed by atoms with Crippen molar-refractivity contribution in [1.82, 2.24) is 9.21 Å². The summed E-state index contributed by atoms with van der Waals surface area (Å²) in [5.74, 6) is 0.0696. The quantitative estimate of drug-likeness (QED) is 0.600. The molecule has 0 atom stereocenters. The molecule has 6 nitrogen and oxygen atoms in total. The number of carbonyl (C=O) groups is 1. The molecule has 0 N–H and O–H groups in total. The highest BCUT2D eigenvalue weighted by Crippen LogP contribution is 2.27. The van der Waals surface area contributed by atoms with Gasteiger partial charge in [0.1, 0.15) is 5.75 Å². The van der Waals surface area contributed by atoms with Crippen molar-refractivity contribution in [3.05, 3.63) is 58.1 Å². The summed E-state index contributed by atoms with van der Waals surface area (Å²) in [5, 5.41) is 0. The van der Waals surface area contributed by atoms with Crippen LogP contribution in [0.25, 0.3) is 0 Å².